The van der Waals surface area contributed by atoms with Crippen LogP contribution < -0.4 is 15.1 Å². The van der Waals surface area contributed by atoms with E-state index in [1.807, 2.05) is 0 Å². The molecule has 2 aliphatic heterocycles. The Kier molecular flexibility index (Phi) is 9.60. The first-order chi connectivity index (χ1) is 13.8. The van der Waals surface area contributed by atoms with Gasteiger partial charge in [0, 0.05) is 26.2 Å². The minimum absolute atomic E-state index is 0. The molecule has 2 aliphatic rings. The number of anilines is 2. The van der Waals surface area contributed by atoms with Crippen molar-refractivity contribution in [3.63, 3.8) is 0 Å². The molecule has 2 saturated heterocycles. The Hall–Kier alpha value is -2.50. The van der Waals surface area contributed by atoms with Crippen LogP contribution in [0, 0.1) is 5.82 Å². The number of aliphatic hydroxyl groups excluding tert-OH is 1. The van der Waals surface area contributed by atoms with E-state index in [1.54, 1.807) is 24.0 Å². The molecule has 3 N–H and O–H groups in total. The number of carbonyl (C=O) groups is 2. The normalized spacial score (nSPS) is 18.3. The summed E-state index contributed by atoms with van der Waals surface area (Å²) in [7, 11) is 0. The fraction of sp³-hybridized carbons (Fsp3) is 0.550. The van der Waals surface area contributed by atoms with Crippen LogP contribution in [0.25, 0.3) is 0 Å². The minimum Gasteiger partial charge on any atom is -0.442 e. The molecule has 9 nitrogen and oxygen atoms in total. The molecule has 3 rings (SSSR count). The largest absolute Gasteiger partial charge is 0.442 e. The maximum atomic E-state index is 14.7. The first-order valence-electron chi connectivity index (χ1n) is 9.18. The summed E-state index contributed by atoms with van der Waals surface area (Å²) in [5, 5.41) is 20.9. The number of thiocarbonyl (C=S) groups is 1. The Morgan fingerprint density at radius 1 is 1.29 bits per heavy atom. The molecule has 0 aromatic heterocycles. The second kappa shape index (κ2) is 11.2. The van der Waals surface area contributed by atoms with Gasteiger partial charge in [0.25, 0.3) is 5.91 Å². The third-order valence-electron chi connectivity index (χ3n) is 4.85. The van der Waals surface area contributed by atoms with E-state index < -0.39 is 24.1 Å². The highest BCUT2D eigenvalue weighted by Gasteiger charge is 2.33. The van der Waals surface area contributed by atoms with Gasteiger partial charge in [-0.1, -0.05) is 27.1 Å². The molecule has 2 fully saturated rings. The molecule has 0 aliphatic carbocycles. The van der Waals surface area contributed by atoms with Crippen molar-refractivity contribution in [3.05, 3.63) is 24.0 Å². The predicted molar refractivity (Wildman–Crippen MR) is 121 cm³/mol. The van der Waals surface area contributed by atoms with Crippen molar-refractivity contribution in [2.45, 2.75) is 34.2 Å². The van der Waals surface area contributed by atoms with Crippen molar-refractivity contribution in [2.75, 3.05) is 49.1 Å². The molecule has 2 heterocycles. The SMILES string of the molecule is C.C.CC(=S)NC[C@H]1CN(c2ccc(N3CCN(C(=O)C(O)O)CC3)c(F)c2)C(=O)O1. The van der Waals surface area contributed by atoms with Crippen molar-refractivity contribution >= 4 is 40.6 Å². The number of hydrogen-bond donors (Lipinski definition) is 3. The predicted octanol–water partition coefficient (Wildman–Crippen LogP) is 1.32. The average Bonchev–Trinajstić information content (AvgIpc) is 3.06. The summed E-state index contributed by atoms with van der Waals surface area (Å²) in [4.78, 5) is 28.8. The number of benzene rings is 1. The Morgan fingerprint density at radius 2 is 1.94 bits per heavy atom. The summed E-state index contributed by atoms with van der Waals surface area (Å²) in [5.74, 6) is -1.26. The lowest BCUT2D eigenvalue weighted by Gasteiger charge is -2.36. The summed E-state index contributed by atoms with van der Waals surface area (Å²) in [6.07, 6.45) is -2.96. The number of carbonyl (C=O) groups excluding carboxylic acids is 2. The second-order valence-electron chi connectivity index (χ2n) is 6.88. The number of cyclic esters (lactones) is 1. The van der Waals surface area contributed by atoms with E-state index in [9.17, 15) is 14.0 Å². The molecule has 174 valence electrons. The van der Waals surface area contributed by atoms with E-state index in [2.05, 4.69) is 5.32 Å². The van der Waals surface area contributed by atoms with Crippen LogP contribution in [0.5, 0.6) is 0 Å². The van der Waals surface area contributed by atoms with Gasteiger partial charge in [-0.15, -0.1) is 0 Å². The van der Waals surface area contributed by atoms with E-state index in [4.69, 9.17) is 27.2 Å². The average molecular weight is 459 g/mol. The molecule has 0 saturated carbocycles. The number of halogens is 1. The number of amides is 2. The molecule has 31 heavy (non-hydrogen) atoms. The van der Waals surface area contributed by atoms with Gasteiger partial charge in [-0.05, 0) is 25.1 Å². The fourth-order valence-corrected chi connectivity index (χ4v) is 3.43. The Balaban J connectivity index is 0.00000240. The smallest absolute Gasteiger partial charge is 0.414 e. The highest BCUT2D eigenvalue weighted by atomic mass is 32.1. The van der Waals surface area contributed by atoms with E-state index in [0.717, 1.165) is 0 Å². The van der Waals surface area contributed by atoms with Gasteiger partial charge in [0.2, 0.25) is 6.29 Å². The molecule has 1 aromatic rings. The lowest BCUT2D eigenvalue weighted by Crippen LogP contribution is -2.51. The molecule has 0 bridgehead atoms. The van der Waals surface area contributed by atoms with Crippen molar-refractivity contribution in [1.29, 1.82) is 0 Å². The van der Waals surface area contributed by atoms with Crippen LogP contribution in [0.2, 0.25) is 0 Å². The number of ether oxygens (including phenoxy) is 1. The highest BCUT2D eigenvalue weighted by Crippen LogP contribution is 2.28. The Bertz CT molecular complexity index is 802. The zero-order valence-electron chi connectivity index (χ0n) is 15.9. The first-order valence-corrected chi connectivity index (χ1v) is 9.59. The van der Waals surface area contributed by atoms with Gasteiger partial charge >= 0.3 is 6.09 Å². The van der Waals surface area contributed by atoms with Crippen molar-refractivity contribution < 1.29 is 28.9 Å². The maximum Gasteiger partial charge on any atom is 0.414 e. The number of nitrogens with one attached hydrogen (secondary N) is 1. The van der Waals surface area contributed by atoms with Gasteiger partial charge in [-0.3, -0.25) is 9.69 Å². The quantitative estimate of drug-likeness (QED) is 0.448. The lowest BCUT2D eigenvalue weighted by atomic mass is 10.2. The van der Waals surface area contributed by atoms with E-state index in [1.165, 1.54) is 15.9 Å². The number of piperazine rings is 1. The Morgan fingerprint density at radius 3 is 2.48 bits per heavy atom. The zero-order valence-corrected chi connectivity index (χ0v) is 16.7. The van der Waals surface area contributed by atoms with Crippen LogP contribution in [-0.2, 0) is 9.53 Å². The van der Waals surface area contributed by atoms with Crippen LogP contribution >= 0.6 is 12.2 Å². The minimum atomic E-state index is -2.04. The van der Waals surface area contributed by atoms with Crippen LogP contribution in [0.3, 0.4) is 0 Å². The topological polar surface area (TPSA) is 106 Å². The van der Waals surface area contributed by atoms with Crippen LogP contribution in [0.15, 0.2) is 18.2 Å². The van der Waals surface area contributed by atoms with Gasteiger partial charge in [0.05, 0.1) is 29.5 Å². The molecule has 1 atom stereocenters. The third kappa shape index (κ3) is 6.25. The third-order valence-corrected chi connectivity index (χ3v) is 4.99. The molecule has 0 radical (unpaired) electrons. The van der Waals surface area contributed by atoms with Crippen LogP contribution in [-0.4, -0.2) is 83.8 Å². The van der Waals surface area contributed by atoms with Gasteiger partial charge < -0.3 is 30.1 Å². The lowest BCUT2D eigenvalue weighted by molar-refractivity contribution is -0.159. The van der Waals surface area contributed by atoms with Gasteiger partial charge in [0.1, 0.15) is 11.9 Å². The number of nitrogens with zero attached hydrogens (tertiary/aromatic N) is 3. The molecule has 11 heteroatoms. The summed E-state index contributed by atoms with van der Waals surface area (Å²) < 4.78 is 20.0. The van der Waals surface area contributed by atoms with Crippen LogP contribution in [0.4, 0.5) is 20.6 Å². The van der Waals surface area contributed by atoms with Crippen molar-refractivity contribution in [2.24, 2.45) is 0 Å². The molecule has 1 aromatic carbocycles. The summed E-state index contributed by atoms with van der Waals surface area (Å²) in [6, 6.07) is 4.52. The molecule has 0 unspecified atom stereocenters. The molecule has 2 amide bonds. The molecular weight excluding hydrogens is 427 g/mol. The van der Waals surface area contributed by atoms with Crippen LogP contribution in [0.1, 0.15) is 21.8 Å². The highest BCUT2D eigenvalue weighted by molar-refractivity contribution is 7.80. The fourth-order valence-electron chi connectivity index (χ4n) is 3.35. The second-order valence-corrected chi connectivity index (χ2v) is 7.49. The van der Waals surface area contributed by atoms with Crippen molar-refractivity contribution in [3.8, 4) is 0 Å². The number of aliphatic hydroxyl groups is 2. The summed E-state index contributed by atoms with van der Waals surface area (Å²) in [6.45, 7) is 3.63. The number of rotatable bonds is 5. The molecular formula is C20H31FN4O5S. The molecule has 0 spiro atoms. The monoisotopic (exact) mass is 458 g/mol. The van der Waals surface area contributed by atoms with Crippen molar-refractivity contribution in [1.82, 2.24) is 10.2 Å². The van der Waals surface area contributed by atoms with Gasteiger partial charge in [-0.25, -0.2) is 9.18 Å². The van der Waals surface area contributed by atoms with E-state index >= 15 is 0 Å². The summed E-state index contributed by atoms with van der Waals surface area (Å²) >= 11 is 4.94. The van der Waals surface area contributed by atoms with E-state index in [-0.39, 0.29) is 40.6 Å². The first kappa shape index (κ1) is 26.5. The zero-order chi connectivity index (χ0) is 21.1. The number of hydrogen-bond acceptors (Lipinski definition) is 7. The maximum absolute atomic E-state index is 14.7. The van der Waals surface area contributed by atoms with Gasteiger partial charge in [-0.2, -0.15) is 0 Å². The van der Waals surface area contributed by atoms with Gasteiger partial charge in [0.15, 0.2) is 0 Å². The Labute approximate surface area is 187 Å². The summed E-state index contributed by atoms with van der Waals surface area (Å²) in [5.41, 5.74) is 0.752. The standard InChI is InChI=1S/C18H23FN4O5S.2CH4/c1-11(29)20-9-13-10-23(18(27)28-13)12-2-3-15(14(19)8-12)21-4-6-22(7-5-21)16(24)17(25)26;;/h2-3,8,13,17,25-26H,4-7,9-10H2,1H3,(H,20,29);2*1H4/t13-;;/m0../s1. The van der Waals surface area contributed by atoms with E-state index in [0.29, 0.717) is 36.0 Å².